The zero-order valence-corrected chi connectivity index (χ0v) is 15.2. The van der Waals surface area contributed by atoms with Crippen molar-refractivity contribution in [1.82, 2.24) is 9.80 Å². The Bertz CT molecular complexity index is 580. The van der Waals surface area contributed by atoms with Crippen LogP contribution in [-0.4, -0.2) is 22.9 Å². The number of benzene rings is 2. The van der Waals surface area contributed by atoms with Crippen LogP contribution in [0.3, 0.4) is 0 Å². The second kappa shape index (κ2) is 11.0. The maximum Gasteiger partial charge on any atom is 0.106 e. The van der Waals surface area contributed by atoms with E-state index in [1.165, 1.54) is 11.1 Å². The van der Waals surface area contributed by atoms with Gasteiger partial charge in [0.15, 0.2) is 0 Å². The minimum absolute atomic E-state index is 0.885. The Hall–Kier alpha value is -2.68. The van der Waals surface area contributed by atoms with Crippen molar-refractivity contribution in [3.8, 4) is 0 Å². The van der Waals surface area contributed by atoms with Gasteiger partial charge in [-0.1, -0.05) is 60.7 Å². The first-order valence-electron chi connectivity index (χ1n) is 8.86. The minimum Gasteiger partial charge on any atom is -0.470 e. The van der Waals surface area contributed by atoms with E-state index >= 15 is 0 Å². The molecule has 3 nitrogen and oxygen atoms in total. The highest BCUT2D eigenvalue weighted by atomic mass is 16.5. The standard InChI is InChI=1S/C22H28N2O/c1-3-23(19-21-11-7-5-8-12-21)15-17-25-18-16-24(4-2)20-22-13-9-6-10-14-22/h5-18H,3-4,19-20H2,1-2H3. The first kappa shape index (κ1) is 18.7. The monoisotopic (exact) mass is 336 g/mol. The molecule has 0 unspecified atom stereocenters. The van der Waals surface area contributed by atoms with Gasteiger partial charge in [0.1, 0.15) is 12.5 Å². The highest BCUT2D eigenvalue weighted by Crippen LogP contribution is 2.06. The largest absolute Gasteiger partial charge is 0.470 e. The summed E-state index contributed by atoms with van der Waals surface area (Å²) in [5.74, 6) is 0. The van der Waals surface area contributed by atoms with E-state index in [2.05, 4.69) is 72.2 Å². The van der Waals surface area contributed by atoms with Crippen LogP contribution in [0.1, 0.15) is 25.0 Å². The molecule has 3 heteroatoms. The fourth-order valence-corrected chi connectivity index (χ4v) is 2.46. The van der Waals surface area contributed by atoms with Gasteiger partial charge in [-0.3, -0.25) is 0 Å². The summed E-state index contributed by atoms with van der Waals surface area (Å²) in [5, 5.41) is 0. The van der Waals surface area contributed by atoms with Crippen LogP contribution in [0.25, 0.3) is 0 Å². The Morgan fingerprint density at radius 1 is 0.680 bits per heavy atom. The van der Waals surface area contributed by atoms with E-state index in [0.717, 1.165) is 26.2 Å². The lowest BCUT2D eigenvalue weighted by Crippen LogP contribution is -2.16. The maximum atomic E-state index is 5.53. The first-order chi connectivity index (χ1) is 12.3. The normalized spacial score (nSPS) is 11.1. The molecule has 2 aromatic rings. The number of hydrogen-bond donors (Lipinski definition) is 0. The van der Waals surface area contributed by atoms with Crippen molar-refractivity contribution < 1.29 is 4.74 Å². The average Bonchev–Trinajstić information content (AvgIpc) is 2.67. The van der Waals surface area contributed by atoms with Gasteiger partial charge in [-0.15, -0.1) is 0 Å². The van der Waals surface area contributed by atoms with E-state index in [1.807, 2.05) is 24.5 Å². The van der Waals surface area contributed by atoms with Crippen LogP contribution in [0.5, 0.6) is 0 Å². The molecule has 0 aromatic heterocycles. The molecule has 2 rings (SSSR count). The number of rotatable bonds is 10. The quantitative estimate of drug-likeness (QED) is 0.569. The van der Waals surface area contributed by atoms with Crippen LogP contribution in [0.2, 0.25) is 0 Å². The first-order valence-corrected chi connectivity index (χ1v) is 8.86. The molecule has 0 atom stereocenters. The van der Waals surface area contributed by atoms with Crippen LogP contribution in [0.15, 0.2) is 85.6 Å². The number of hydrogen-bond acceptors (Lipinski definition) is 3. The molecule has 0 saturated heterocycles. The summed E-state index contributed by atoms with van der Waals surface area (Å²) in [6, 6.07) is 20.9. The minimum atomic E-state index is 0.885. The molecule has 0 radical (unpaired) electrons. The Morgan fingerprint density at radius 2 is 1.08 bits per heavy atom. The summed E-state index contributed by atoms with van der Waals surface area (Å²) in [4.78, 5) is 4.43. The third-order valence-corrected chi connectivity index (χ3v) is 3.97. The highest BCUT2D eigenvalue weighted by molar-refractivity contribution is 5.15. The van der Waals surface area contributed by atoms with Crippen molar-refractivity contribution in [2.75, 3.05) is 13.1 Å². The molecular formula is C22H28N2O. The van der Waals surface area contributed by atoms with E-state index in [-0.39, 0.29) is 0 Å². The fourth-order valence-electron chi connectivity index (χ4n) is 2.46. The van der Waals surface area contributed by atoms with Crippen LogP contribution >= 0.6 is 0 Å². The van der Waals surface area contributed by atoms with E-state index in [4.69, 9.17) is 4.74 Å². The van der Waals surface area contributed by atoms with Crippen molar-refractivity contribution in [2.45, 2.75) is 26.9 Å². The zero-order chi connectivity index (χ0) is 17.7. The molecule has 25 heavy (non-hydrogen) atoms. The summed E-state index contributed by atoms with van der Waals surface area (Å²) < 4.78 is 5.53. The molecule has 0 bridgehead atoms. The zero-order valence-electron chi connectivity index (χ0n) is 15.2. The second-order valence-corrected chi connectivity index (χ2v) is 5.80. The topological polar surface area (TPSA) is 15.7 Å². The van der Waals surface area contributed by atoms with Crippen molar-refractivity contribution in [1.29, 1.82) is 0 Å². The maximum absolute atomic E-state index is 5.53. The third kappa shape index (κ3) is 7.17. The van der Waals surface area contributed by atoms with E-state index in [1.54, 1.807) is 12.5 Å². The number of ether oxygens (including phenoxy) is 1. The van der Waals surface area contributed by atoms with Crippen molar-refractivity contribution in [3.63, 3.8) is 0 Å². The molecule has 0 spiro atoms. The van der Waals surface area contributed by atoms with Gasteiger partial charge in [-0.05, 0) is 25.0 Å². The summed E-state index contributed by atoms with van der Waals surface area (Å²) in [5.41, 5.74) is 2.59. The Balaban J connectivity index is 1.78. The molecule has 0 fully saturated rings. The molecule has 2 aromatic carbocycles. The molecule has 0 amide bonds. The highest BCUT2D eigenvalue weighted by Gasteiger charge is 1.98. The summed E-state index contributed by atoms with van der Waals surface area (Å²) in [6.07, 6.45) is 7.45. The van der Waals surface area contributed by atoms with Gasteiger partial charge in [-0.25, -0.2) is 0 Å². The van der Waals surface area contributed by atoms with Crippen LogP contribution in [0.4, 0.5) is 0 Å². The Labute approximate surface area is 151 Å². The van der Waals surface area contributed by atoms with Gasteiger partial charge >= 0.3 is 0 Å². The molecule has 0 saturated carbocycles. The van der Waals surface area contributed by atoms with Crippen molar-refractivity contribution >= 4 is 0 Å². The van der Waals surface area contributed by atoms with Crippen LogP contribution < -0.4 is 0 Å². The molecule has 0 heterocycles. The predicted octanol–water partition coefficient (Wildman–Crippen LogP) is 4.99. The van der Waals surface area contributed by atoms with Gasteiger partial charge in [0.05, 0.1) is 0 Å². The SMILES string of the molecule is CCN(C=COC=CN(CC)Cc1ccccc1)Cc1ccccc1. The molecule has 0 aliphatic heterocycles. The van der Waals surface area contributed by atoms with Gasteiger partial charge < -0.3 is 14.5 Å². The van der Waals surface area contributed by atoms with Crippen molar-refractivity contribution in [3.05, 3.63) is 96.7 Å². The molecular weight excluding hydrogens is 308 g/mol. The fraction of sp³-hybridized carbons (Fsp3) is 0.273. The third-order valence-electron chi connectivity index (χ3n) is 3.97. The molecule has 0 N–H and O–H groups in total. The molecule has 132 valence electrons. The summed E-state index contributed by atoms with van der Waals surface area (Å²) in [7, 11) is 0. The Kier molecular flexibility index (Phi) is 8.19. The van der Waals surface area contributed by atoms with Crippen molar-refractivity contribution in [2.24, 2.45) is 0 Å². The molecule has 0 aliphatic carbocycles. The van der Waals surface area contributed by atoms with E-state index in [0.29, 0.717) is 0 Å². The van der Waals surface area contributed by atoms with Crippen LogP contribution in [-0.2, 0) is 17.8 Å². The van der Waals surface area contributed by atoms with Gasteiger partial charge in [0, 0.05) is 38.6 Å². The van der Waals surface area contributed by atoms with Gasteiger partial charge in [-0.2, -0.15) is 0 Å². The smallest absolute Gasteiger partial charge is 0.106 e. The summed E-state index contributed by atoms with van der Waals surface area (Å²) in [6.45, 7) is 7.93. The Morgan fingerprint density at radius 3 is 1.44 bits per heavy atom. The predicted molar refractivity (Wildman–Crippen MR) is 104 cm³/mol. The lowest BCUT2D eigenvalue weighted by Gasteiger charge is -2.18. The lowest BCUT2D eigenvalue weighted by molar-refractivity contribution is 0.329. The van der Waals surface area contributed by atoms with Gasteiger partial charge in [0.25, 0.3) is 0 Å². The van der Waals surface area contributed by atoms with Gasteiger partial charge in [0.2, 0.25) is 0 Å². The van der Waals surface area contributed by atoms with E-state index < -0.39 is 0 Å². The van der Waals surface area contributed by atoms with E-state index in [9.17, 15) is 0 Å². The second-order valence-electron chi connectivity index (χ2n) is 5.80. The number of nitrogens with zero attached hydrogens (tertiary/aromatic N) is 2. The molecule has 0 aliphatic rings. The average molecular weight is 336 g/mol. The summed E-state index contributed by atoms with van der Waals surface area (Å²) >= 11 is 0. The lowest BCUT2D eigenvalue weighted by atomic mass is 10.2. The van der Waals surface area contributed by atoms with Crippen LogP contribution in [0, 0.1) is 0 Å².